The smallest absolute Gasteiger partial charge is 0.184 e. The van der Waals surface area contributed by atoms with Crippen molar-refractivity contribution in [1.29, 1.82) is 0 Å². The zero-order valence-corrected chi connectivity index (χ0v) is 12.1. The minimum atomic E-state index is -0.314. The maximum Gasteiger partial charge on any atom is 0.184 e. The van der Waals surface area contributed by atoms with Crippen LogP contribution >= 0.6 is 0 Å². The standard InChI is InChI=1S/C18H18O4/c1-3-7-13(8-4-1)17-19-11-15(21-17)16-12-20-18(22-16)14-9-5-2-6-10-14/h1-10,15-18H,11-12H2/t15-,16+,17?,18?. The van der Waals surface area contributed by atoms with Gasteiger partial charge in [-0.3, -0.25) is 0 Å². The summed E-state index contributed by atoms with van der Waals surface area (Å²) in [5.41, 5.74) is 2.06. The fourth-order valence-corrected chi connectivity index (χ4v) is 2.80. The van der Waals surface area contributed by atoms with E-state index in [9.17, 15) is 0 Å². The molecule has 0 spiro atoms. The fourth-order valence-electron chi connectivity index (χ4n) is 2.80. The molecule has 2 fully saturated rings. The van der Waals surface area contributed by atoms with Crippen LogP contribution in [0.5, 0.6) is 0 Å². The van der Waals surface area contributed by atoms with Crippen LogP contribution in [0.2, 0.25) is 0 Å². The molecule has 2 unspecified atom stereocenters. The van der Waals surface area contributed by atoms with Gasteiger partial charge in [-0.1, -0.05) is 60.7 Å². The van der Waals surface area contributed by atoms with Crippen LogP contribution < -0.4 is 0 Å². The fraction of sp³-hybridized carbons (Fsp3) is 0.333. The molecule has 4 rings (SSSR count). The molecule has 2 heterocycles. The minimum absolute atomic E-state index is 0.0982. The van der Waals surface area contributed by atoms with E-state index < -0.39 is 0 Å². The van der Waals surface area contributed by atoms with Gasteiger partial charge in [0.05, 0.1) is 13.2 Å². The second-order valence-corrected chi connectivity index (χ2v) is 5.50. The summed E-state index contributed by atoms with van der Waals surface area (Å²) in [5, 5.41) is 0. The van der Waals surface area contributed by atoms with Gasteiger partial charge >= 0.3 is 0 Å². The molecule has 0 aliphatic carbocycles. The molecule has 0 N–H and O–H groups in total. The Balaban J connectivity index is 1.38. The van der Waals surface area contributed by atoms with E-state index in [1.165, 1.54) is 0 Å². The van der Waals surface area contributed by atoms with E-state index in [0.29, 0.717) is 13.2 Å². The van der Waals surface area contributed by atoms with Crippen molar-refractivity contribution in [1.82, 2.24) is 0 Å². The normalized spacial score (nSPS) is 31.5. The molecule has 2 saturated heterocycles. The number of ether oxygens (including phenoxy) is 4. The summed E-state index contributed by atoms with van der Waals surface area (Å²) in [7, 11) is 0. The Kier molecular flexibility index (Phi) is 3.91. The van der Waals surface area contributed by atoms with Gasteiger partial charge in [-0.25, -0.2) is 0 Å². The Morgan fingerprint density at radius 3 is 1.41 bits per heavy atom. The molecule has 4 heteroatoms. The van der Waals surface area contributed by atoms with E-state index in [1.54, 1.807) is 0 Å². The molecule has 0 bridgehead atoms. The Hall–Kier alpha value is -1.72. The first kappa shape index (κ1) is 13.9. The zero-order chi connectivity index (χ0) is 14.8. The summed E-state index contributed by atoms with van der Waals surface area (Å²) in [4.78, 5) is 0. The van der Waals surface area contributed by atoms with E-state index >= 15 is 0 Å². The van der Waals surface area contributed by atoms with Gasteiger partial charge in [-0.15, -0.1) is 0 Å². The van der Waals surface area contributed by atoms with E-state index in [1.807, 2.05) is 60.7 Å². The predicted octanol–water partition coefficient (Wildman–Crippen LogP) is 3.21. The van der Waals surface area contributed by atoms with Crippen molar-refractivity contribution in [2.24, 2.45) is 0 Å². The van der Waals surface area contributed by atoms with Gasteiger partial charge in [-0.2, -0.15) is 0 Å². The van der Waals surface area contributed by atoms with Crippen LogP contribution in [0.3, 0.4) is 0 Å². The average molecular weight is 298 g/mol. The SMILES string of the molecule is c1ccc(C2OC[C@@H]([C@H]3COC(c4ccccc4)O3)O2)cc1. The molecule has 114 valence electrons. The number of benzene rings is 2. The molecule has 4 nitrogen and oxygen atoms in total. The zero-order valence-electron chi connectivity index (χ0n) is 12.1. The lowest BCUT2D eigenvalue weighted by Crippen LogP contribution is -2.30. The van der Waals surface area contributed by atoms with E-state index in [0.717, 1.165) is 11.1 Å². The lowest BCUT2D eigenvalue weighted by molar-refractivity contribution is -0.107. The molecule has 22 heavy (non-hydrogen) atoms. The van der Waals surface area contributed by atoms with Gasteiger partial charge in [0.2, 0.25) is 0 Å². The van der Waals surface area contributed by atoms with Gasteiger partial charge in [0, 0.05) is 11.1 Å². The summed E-state index contributed by atoms with van der Waals surface area (Å²) < 4.78 is 23.5. The van der Waals surface area contributed by atoms with Crippen molar-refractivity contribution in [3.63, 3.8) is 0 Å². The second kappa shape index (κ2) is 6.18. The number of hydrogen-bond donors (Lipinski definition) is 0. The van der Waals surface area contributed by atoms with Crippen LogP contribution in [-0.4, -0.2) is 25.4 Å². The van der Waals surface area contributed by atoms with Crippen molar-refractivity contribution >= 4 is 0 Å². The topological polar surface area (TPSA) is 36.9 Å². The van der Waals surface area contributed by atoms with Gasteiger partial charge < -0.3 is 18.9 Å². The van der Waals surface area contributed by atoms with Crippen molar-refractivity contribution in [2.75, 3.05) is 13.2 Å². The maximum atomic E-state index is 5.99. The Labute approximate surface area is 129 Å². The second-order valence-electron chi connectivity index (χ2n) is 5.50. The van der Waals surface area contributed by atoms with Crippen molar-refractivity contribution < 1.29 is 18.9 Å². The van der Waals surface area contributed by atoms with E-state index in [-0.39, 0.29) is 24.8 Å². The number of rotatable bonds is 3. The molecule has 2 aliphatic heterocycles. The third-order valence-electron chi connectivity index (χ3n) is 3.98. The third kappa shape index (κ3) is 2.78. The van der Waals surface area contributed by atoms with E-state index in [2.05, 4.69) is 0 Å². The Bertz CT molecular complexity index is 545. The molecule has 4 atom stereocenters. The largest absolute Gasteiger partial charge is 0.346 e. The first-order valence-electron chi connectivity index (χ1n) is 7.54. The van der Waals surface area contributed by atoms with Crippen molar-refractivity contribution in [3.05, 3.63) is 71.8 Å². The predicted molar refractivity (Wildman–Crippen MR) is 80.0 cm³/mol. The molecule has 0 saturated carbocycles. The summed E-state index contributed by atoms with van der Waals surface area (Å²) in [6.07, 6.45) is -0.825. The maximum absolute atomic E-state index is 5.99. The molecule has 0 aromatic heterocycles. The first-order chi connectivity index (χ1) is 10.9. The minimum Gasteiger partial charge on any atom is -0.346 e. The van der Waals surface area contributed by atoms with Crippen LogP contribution in [0.4, 0.5) is 0 Å². The van der Waals surface area contributed by atoms with Crippen molar-refractivity contribution in [3.8, 4) is 0 Å². The summed E-state index contributed by atoms with van der Waals surface area (Å²) in [6.45, 7) is 1.05. The monoisotopic (exact) mass is 298 g/mol. The summed E-state index contributed by atoms with van der Waals surface area (Å²) in [5.74, 6) is 0. The molecule has 2 aliphatic rings. The van der Waals surface area contributed by atoms with Gasteiger partial charge in [-0.05, 0) is 0 Å². The molecule has 0 radical (unpaired) electrons. The summed E-state index contributed by atoms with van der Waals surface area (Å²) in [6, 6.07) is 19.9. The molecule has 2 aromatic carbocycles. The molecule has 0 amide bonds. The quantitative estimate of drug-likeness (QED) is 0.872. The van der Waals surface area contributed by atoms with Crippen LogP contribution in [-0.2, 0) is 18.9 Å². The van der Waals surface area contributed by atoms with Crippen molar-refractivity contribution in [2.45, 2.75) is 24.8 Å². The highest BCUT2D eigenvalue weighted by Crippen LogP contribution is 2.34. The Morgan fingerprint density at radius 2 is 1.00 bits per heavy atom. The van der Waals surface area contributed by atoms with Crippen LogP contribution in [0.15, 0.2) is 60.7 Å². The van der Waals surface area contributed by atoms with Gasteiger partial charge in [0.15, 0.2) is 12.6 Å². The highest BCUT2D eigenvalue weighted by atomic mass is 16.8. The molecular weight excluding hydrogens is 280 g/mol. The third-order valence-corrected chi connectivity index (χ3v) is 3.98. The first-order valence-corrected chi connectivity index (χ1v) is 7.54. The lowest BCUT2D eigenvalue weighted by Gasteiger charge is -2.17. The average Bonchev–Trinajstić information content (AvgIpc) is 3.26. The molecular formula is C18H18O4. The van der Waals surface area contributed by atoms with Gasteiger partial charge in [0.1, 0.15) is 12.2 Å². The summed E-state index contributed by atoms with van der Waals surface area (Å²) >= 11 is 0. The van der Waals surface area contributed by atoms with E-state index in [4.69, 9.17) is 18.9 Å². The Morgan fingerprint density at radius 1 is 0.591 bits per heavy atom. The van der Waals surface area contributed by atoms with Crippen LogP contribution in [0.1, 0.15) is 23.7 Å². The molecule has 2 aromatic rings. The number of hydrogen-bond acceptors (Lipinski definition) is 4. The highest BCUT2D eigenvalue weighted by Gasteiger charge is 2.39. The lowest BCUT2D eigenvalue weighted by atomic mass is 10.2. The highest BCUT2D eigenvalue weighted by molar-refractivity contribution is 5.17. The van der Waals surface area contributed by atoms with Gasteiger partial charge in [0.25, 0.3) is 0 Å². The van der Waals surface area contributed by atoms with Crippen LogP contribution in [0.25, 0.3) is 0 Å². The van der Waals surface area contributed by atoms with Crippen LogP contribution in [0, 0.1) is 0 Å².